The predicted octanol–water partition coefficient (Wildman–Crippen LogP) is 0.00130. The van der Waals surface area contributed by atoms with Crippen LogP contribution in [0.15, 0.2) is 6.33 Å². The molecular weight excluding hydrogens is 238 g/mol. The number of nitrogens with zero attached hydrogens (tertiary/aromatic N) is 2. The molecule has 0 atom stereocenters. The summed E-state index contributed by atoms with van der Waals surface area (Å²) in [7, 11) is 0. The first-order valence-corrected chi connectivity index (χ1v) is 5.72. The van der Waals surface area contributed by atoms with Crippen molar-refractivity contribution in [2.75, 3.05) is 0 Å². The Kier molecular flexibility index (Phi) is 3.45. The van der Waals surface area contributed by atoms with Crippen molar-refractivity contribution in [1.29, 1.82) is 0 Å². The van der Waals surface area contributed by atoms with Gasteiger partial charge in [-0.3, -0.25) is 9.89 Å². The zero-order valence-corrected chi connectivity index (χ0v) is 9.77. The Morgan fingerprint density at radius 1 is 1.50 bits per heavy atom. The first-order chi connectivity index (χ1) is 8.60. The Labute approximate surface area is 103 Å². The number of urea groups is 1. The first-order valence-electron chi connectivity index (χ1n) is 5.72. The number of hydrogen-bond acceptors (Lipinski definition) is 4. The average molecular weight is 253 g/mol. The van der Waals surface area contributed by atoms with Gasteiger partial charge in [0, 0.05) is 0 Å². The van der Waals surface area contributed by atoms with Crippen LogP contribution in [0, 0.1) is 0 Å². The van der Waals surface area contributed by atoms with Crippen molar-refractivity contribution in [3.63, 3.8) is 0 Å². The topological polar surface area (TPSA) is 120 Å². The van der Waals surface area contributed by atoms with Crippen LogP contribution >= 0.6 is 0 Å². The highest BCUT2D eigenvalue weighted by molar-refractivity contribution is 5.77. The van der Waals surface area contributed by atoms with Gasteiger partial charge in [0.2, 0.25) is 0 Å². The van der Waals surface area contributed by atoms with Crippen molar-refractivity contribution in [3.8, 4) is 0 Å². The number of hydrogen-bond donors (Lipinski definition) is 4. The second-order valence-corrected chi connectivity index (χ2v) is 4.44. The van der Waals surface area contributed by atoms with Crippen LogP contribution in [0.4, 0.5) is 4.79 Å². The van der Waals surface area contributed by atoms with Gasteiger partial charge in [0.05, 0.1) is 18.5 Å². The summed E-state index contributed by atoms with van der Waals surface area (Å²) in [5.74, 6) is -0.351. The molecule has 0 unspecified atom stereocenters. The standard InChI is InChI=1S/C10H15N5O3/c16-8(17)4-10(2-1-3-10)14-9(18)11-5-7-12-6-13-15-7/h6H,1-5H2,(H,16,17)(H2,11,14,18)(H,12,13,15). The molecule has 2 rings (SSSR count). The van der Waals surface area contributed by atoms with E-state index in [0.29, 0.717) is 18.7 Å². The van der Waals surface area contributed by atoms with E-state index in [-0.39, 0.29) is 19.0 Å². The SMILES string of the molecule is O=C(O)CC1(NC(=O)NCc2ncn[nH]2)CCC1. The number of aromatic nitrogens is 3. The van der Waals surface area contributed by atoms with Gasteiger partial charge >= 0.3 is 12.0 Å². The van der Waals surface area contributed by atoms with E-state index < -0.39 is 11.5 Å². The summed E-state index contributed by atoms with van der Waals surface area (Å²) in [5.41, 5.74) is -0.586. The summed E-state index contributed by atoms with van der Waals surface area (Å²) in [6, 6.07) is -0.382. The molecule has 1 aromatic heterocycles. The van der Waals surface area contributed by atoms with E-state index in [0.717, 1.165) is 6.42 Å². The zero-order valence-electron chi connectivity index (χ0n) is 9.77. The zero-order chi connectivity index (χ0) is 13.0. The summed E-state index contributed by atoms with van der Waals surface area (Å²) in [6.07, 6.45) is 3.66. The van der Waals surface area contributed by atoms with Crippen LogP contribution in [-0.4, -0.2) is 37.8 Å². The molecule has 1 heterocycles. The maximum Gasteiger partial charge on any atom is 0.315 e. The molecule has 0 bridgehead atoms. The van der Waals surface area contributed by atoms with Crippen LogP contribution < -0.4 is 10.6 Å². The number of nitrogens with one attached hydrogen (secondary N) is 3. The van der Waals surface area contributed by atoms with Gasteiger partial charge in [0.1, 0.15) is 12.2 Å². The van der Waals surface area contributed by atoms with Crippen LogP contribution in [0.25, 0.3) is 0 Å². The second-order valence-electron chi connectivity index (χ2n) is 4.44. The molecule has 0 aromatic carbocycles. The molecule has 18 heavy (non-hydrogen) atoms. The van der Waals surface area contributed by atoms with Crippen LogP contribution in [0.3, 0.4) is 0 Å². The third-order valence-electron chi connectivity index (χ3n) is 3.06. The molecule has 8 heteroatoms. The smallest absolute Gasteiger partial charge is 0.315 e. The number of carbonyl (C=O) groups is 2. The minimum Gasteiger partial charge on any atom is -0.481 e. The van der Waals surface area contributed by atoms with E-state index in [1.807, 2.05) is 0 Å². The summed E-state index contributed by atoms with van der Waals surface area (Å²) in [5, 5.41) is 20.4. The Morgan fingerprint density at radius 3 is 2.78 bits per heavy atom. The Bertz CT molecular complexity index is 427. The van der Waals surface area contributed by atoms with Gasteiger partial charge in [-0.25, -0.2) is 9.78 Å². The maximum absolute atomic E-state index is 11.7. The van der Waals surface area contributed by atoms with Gasteiger partial charge in [-0.15, -0.1) is 0 Å². The fourth-order valence-electron chi connectivity index (χ4n) is 2.00. The number of amides is 2. The number of aromatic amines is 1. The molecule has 98 valence electrons. The molecule has 0 radical (unpaired) electrons. The third kappa shape index (κ3) is 2.96. The maximum atomic E-state index is 11.7. The number of H-pyrrole nitrogens is 1. The van der Waals surface area contributed by atoms with Crippen LogP contribution in [0.1, 0.15) is 31.5 Å². The fraction of sp³-hybridized carbons (Fsp3) is 0.600. The number of carbonyl (C=O) groups excluding carboxylic acids is 1. The van der Waals surface area contributed by atoms with Crippen molar-refractivity contribution in [2.24, 2.45) is 0 Å². The second kappa shape index (κ2) is 5.03. The van der Waals surface area contributed by atoms with E-state index in [1.165, 1.54) is 6.33 Å². The van der Waals surface area contributed by atoms with Crippen LogP contribution in [0.2, 0.25) is 0 Å². The third-order valence-corrected chi connectivity index (χ3v) is 3.06. The molecule has 4 N–H and O–H groups in total. The highest BCUT2D eigenvalue weighted by Gasteiger charge is 2.40. The van der Waals surface area contributed by atoms with Gasteiger partial charge in [-0.2, -0.15) is 5.10 Å². The summed E-state index contributed by atoms with van der Waals surface area (Å²) in [6.45, 7) is 0.231. The molecule has 0 saturated heterocycles. The number of rotatable bonds is 5. The van der Waals surface area contributed by atoms with Crippen molar-refractivity contribution in [2.45, 2.75) is 37.8 Å². The molecule has 1 aliphatic carbocycles. The molecule has 0 spiro atoms. The van der Waals surface area contributed by atoms with Crippen molar-refractivity contribution < 1.29 is 14.7 Å². The minimum atomic E-state index is -0.898. The molecule has 8 nitrogen and oxygen atoms in total. The van der Waals surface area contributed by atoms with E-state index in [2.05, 4.69) is 25.8 Å². The van der Waals surface area contributed by atoms with E-state index in [9.17, 15) is 9.59 Å². The molecular formula is C10H15N5O3. The summed E-state index contributed by atoms with van der Waals surface area (Å²) < 4.78 is 0. The molecule has 1 saturated carbocycles. The van der Waals surface area contributed by atoms with Crippen molar-refractivity contribution in [3.05, 3.63) is 12.2 Å². The minimum absolute atomic E-state index is 0.0390. The predicted molar refractivity (Wildman–Crippen MR) is 60.6 cm³/mol. The van der Waals surface area contributed by atoms with Crippen LogP contribution in [-0.2, 0) is 11.3 Å². The number of carboxylic acid groups (broad SMARTS) is 1. The molecule has 1 aliphatic rings. The quantitative estimate of drug-likeness (QED) is 0.588. The lowest BCUT2D eigenvalue weighted by Gasteiger charge is -2.41. The van der Waals surface area contributed by atoms with Gasteiger partial charge in [0.15, 0.2) is 0 Å². The Morgan fingerprint density at radius 2 is 2.28 bits per heavy atom. The van der Waals surface area contributed by atoms with Gasteiger partial charge in [-0.05, 0) is 19.3 Å². The van der Waals surface area contributed by atoms with Crippen molar-refractivity contribution in [1.82, 2.24) is 25.8 Å². The monoisotopic (exact) mass is 253 g/mol. The number of carboxylic acids is 1. The van der Waals surface area contributed by atoms with Crippen LogP contribution in [0.5, 0.6) is 0 Å². The first kappa shape index (κ1) is 12.3. The highest BCUT2D eigenvalue weighted by Crippen LogP contribution is 2.34. The van der Waals surface area contributed by atoms with E-state index >= 15 is 0 Å². The van der Waals surface area contributed by atoms with Gasteiger partial charge in [-0.1, -0.05) is 0 Å². The average Bonchev–Trinajstić information content (AvgIpc) is 2.75. The molecule has 1 aromatic rings. The largest absolute Gasteiger partial charge is 0.481 e. The van der Waals surface area contributed by atoms with E-state index in [4.69, 9.17) is 5.11 Å². The van der Waals surface area contributed by atoms with Gasteiger partial charge < -0.3 is 15.7 Å². The fourth-order valence-corrected chi connectivity index (χ4v) is 2.00. The Balaban J connectivity index is 1.80. The summed E-state index contributed by atoms with van der Waals surface area (Å²) in [4.78, 5) is 26.3. The normalized spacial score (nSPS) is 16.7. The lowest BCUT2D eigenvalue weighted by Crippen LogP contribution is -2.57. The van der Waals surface area contributed by atoms with Gasteiger partial charge in [0.25, 0.3) is 0 Å². The lowest BCUT2D eigenvalue weighted by atomic mass is 9.74. The number of aliphatic carboxylic acids is 1. The summed E-state index contributed by atoms with van der Waals surface area (Å²) >= 11 is 0. The molecule has 1 fully saturated rings. The Hall–Kier alpha value is -2.12. The molecule has 2 amide bonds. The van der Waals surface area contributed by atoms with Crippen molar-refractivity contribution >= 4 is 12.0 Å². The van der Waals surface area contributed by atoms with E-state index in [1.54, 1.807) is 0 Å². The highest BCUT2D eigenvalue weighted by atomic mass is 16.4. The lowest BCUT2D eigenvalue weighted by molar-refractivity contribution is -0.139. The molecule has 0 aliphatic heterocycles.